The minimum Gasteiger partial charge on any atom is -0.477 e. The summed E-state index contributed by atoms with van der Waals surface area (Å²) in [6.07, 6.45) is 1.31. The molecule has 0 aliphatic carbocycles. The van der Waals surface area contributed by atoms with E-state index in [9.17, 15) is 4.79 Å². The monoisotopic (exact) mass is 407 g/mol. The molecule has 0 heterocycles. The Morgan fingerprint density at radius 1 is 1.31 bits per heavy atom. The number of carboxylic acid groups (broad SMARTS) is 1. The standard InChI is InChI=1S/C10H4Br3NO2/c11-7-2-1-5(8(12)9(7)13)3-6(4-14)10(15)16/h1-3H,(H,15,16)/b6-3+. The third kappa shape index (κ3) is 2.94. The molecular weight excluding hydrogens is 406 g/mol. The minimum absolute atomic E-state index is 0.310. The SMILES string of the molecule is N#C/C(=C\c1ccc(Br)c(Br)c1Br)C(=O)O. The molecule has 1 aromatic carbocycles. The van der Waals surface area contributed by atoms with Gasteiger partial charge in [0.05, 0.1) is 0 Å². The van der Waals surface area contributed by atoms with Crippen molar-refractivity contribution in [3.63, 3.8) is 0 Å². The van der Waals surface area contributed by atoms with Crippen molar-refractivity contribution < 1.29 is 9.90 Å². The van der Waals surface area contributed by atoms with Gasteiger partial charge in [0.15, 0.2) is 0 Å². The number of halogens is 3. The second kappa shape index (κ2) is 5.62. The molecule has 0 aromatic heterocycles. The molecule has 0 unspecified atom stereocenters. The summed E-state index contributed by atoms with van der Waals surface area (Å²) in [5.41, 5.74) is 0.309. The molecule has 0 saturated carbocycles. The molecule has 0 amide bonds. The van der Waals surface area contributed by atoms with E-state index in [0.29, 0.717) is 10.0 Å². The molecule has 1 aromatic rings. The molecule has 0 bridgehead atoms. The van der Waals surface area contributed by atoms with E-state index in [4.69, 9.17) is 10.4 Å². The summed E-state index contributed by atoms with van der Waals surface area (Å²) in [6.45, 7) is 0. The van der Waals surface area contributed by atoms with Crippen LogP contribution in [0.5, 0.6) is 0 Å². The van der Waals surface area contributed by atoms with E-state index in [1.165, 1.54) is 6.08 Å². The third-order valence-corrected chi connectivity index (χ3v) is 5.12. The van der Waals surface area contributed by atoms with Crippen LogP contribution < -0.4 is 0 Å². The van der Waals surface area contributed by atoms with Crippen LogP contribution in [-0.4, -0.2) is 11.1 Å². The Balaban J connectivity index is 3.32. The Bertz CT molecular complexity index is 518. The Labute approximate surface area is 117 Å². The lowest BCUT2D eigenvalue weighted by molar-refractivity contribution is -0.132. The van der Waals surface area contributed by atoms with Crippen LogP contribution in [0.25, 0.3) is 6.08 Å². The fourth-order valence-corrected chi connectivity index (χ4v) is 2.37. The summed E-state index contributed by atoms with van der Waals surface area (Å²) < 4.78 is 2.30. The topological polar surface area (TPSA) is 61.1 Å². The van der Waals surface area contributed by atoms with Gasteiger partial charge in [-0.05, 0) is 65.5 Å². The Morgan fingerprint density at radius 3 is 2.44 bits per heavy atom. The summed E-state index contributed by atoms with van der Waals surface area (Å²) >= 11 is 9.95. The second-order valence-corrected chi connectivity index (χ2v) is 5.18. The molecule has 0 aliphatic rings. The molecule has 1 N–H and O–H groups in total. The molecule has 0 saturated heterocycles. The zero-order valence-electron chi connectivity index (χ0n) is 7.67. The van der Waals surface area contributed by atoms with E-state index in [2.05, 4.69) is 47.8 Å². The van der Waals surface area contributed by atoms with Crippen LogP contribution in [0, 0.1) is 11.3 Å². The Hall–Kier alpha value is -0.640. The van der Waals surface area contributed by atoms with Gasteiger partial charge in [-0.3, -0.25) is 0 Å². The van der Waals surface area contributed by atoms with Gasteiger partial charge in [-0.25, -0.2) is 4.79 Å². The van der Waals surface area contributed by atoms with Crippen molar-refractivity contribution in [1.29, 1.82) is 5.26 Å². The molecule has 0 spiro atoms. The highest BCUT2D eigenvalue weighted by molar-refractivity contribution is 9.14. The summed E-state index contributed by atoms with van der Waals surface area (Å²) in [5, 5.41) is 17.4. The molecule has 16 heavy (non-hydrogen) atoms. The number of nitrogens with zero attached hydrogens (tertiary/aromatic N) is 1. The fraction of sp³-hybridized carbons (Fsp3) is 0. The first kappa shape index (κ1) is 13.4. The van der Waals surface area contributed by atoms with Crippen LogP contribution in [0.1, 0.15) is 5.56 Å². The first-order chi connectivity index (χ1) is 7.47. The summed E-state index contributed by atoms with van der Waals surface area (Å²) in [5.74, 6) is -1.24. The van der Waals surface area contributed by atoms with Crippen molar-refractivity contribution in [2.24, 2.45) is 0 Å². The first-order valence-corrected chi connectivity index (χ1v) is 6.34. The van der Waals surface area contributed by atoms with Gasteiger partial charge in [0.1, 0.15) is 11.6 Å². The number of hydrogen-bond acceptors (Lipinski definition) is 2. The lowest BCUT2D eigenvalue weighted by Gasteiger charge is -2.03. The van der Waals surface area contributed by atoms with E-state index in [1.54, 1.807) is 18.2 Å². The number of aliphatic carboxylic acids is 1. The van der Waals surface area contributed by atoms with Crippen LogP contribution >= 0.6 is 47.8 Å². The average molecular weight is 410 g/mol. The molecule has 0 radical (unpaired) electrons. The van der Waals surface area contributed by atoms with E-state index >= 15 is 0 Å². The number of nitriles is 1. The maximum atomic E-state index is 10.7. The van der Waals surface area contributed by atoms with Crippen LogP contribution in [0.4, 0.5) is 0 Å². The van der Waals surface area contributed by atoms with Crippen LogP contribution in [0.3, 0.4) is 0 Å². The van der Waals surface area contributed by atoms with Crippen molar-refractivity contribution in [3.05, 3.63) is 36.7 Å². The van der Waals surface area contributed by atoms with E-state index in [-0.39, 0.29) is 5.57 Å². The zero-order valence-corrected chi connectivity index (χ0v) is 12.4. The Morgan fingerprint density at radius 2 is 1.94 bits per heavy atom. The van der Waals surface area contributed by atoms with Crippen molar-refractivity contribution in [2.45, 2.75) is 0 Å². The second-order valence-electron chi connectivity index (χ2n) is 2.74. The third-order valence-electron chi connectivity index (χ3n) is 1.72. The van der Waals surface area contributed by atoms with Crippen molar-refractivity contribution in [1.82, 2.24) is 0 Å². The summed E-state index contributed by atoms with van der Waals surface area (Å²) in [4.78, 5) is 10.7. The number of rotatable bonds is 2. The number of carbonyl (C=O) groups is 1. The maximum absolute atomic E-state index is 10.7. The molecule has 6 heteroatoms. The molecular formula is C10H4Br3NO2. The smallest absolute Gasteiger partial charge is 0.346 e. The largest absolute Gasteiger partial charge is 0.477 e. The molecule has 0 atom stereocenters. The van der Waals surface area contributed by atoms with Crippen LogP contribution in [-0.2, 0) is 4.79 Å². The van der Waals surface area contributed by atoms with Gasteiger partial charge in [0.2, 0.25) is 0 Å². The molecule has 0 fully saturated rings. The highest BCUT2D eigenvalue weighted by Gasteiger charge is 2.10. The van der Waals surface area contributed by atoms with Gasteiger partial charge < -0.3 is 5.11 Å². The Kier molecular flexibility index (Phi) is 4.71. The van der Waals surface area contributed by atoms with E-state index in [1.807, 2.05) is 0 Å². The molecule has 1 rings (SSSR count). The molecule has 3 nitrogen and oxygen atoms in total. The van der Waals surface area contributed by atoms with Crippen molar-refractivity contribution >= 4 is 59.8 Å². The lowest BCUT2D eigenvalue weighted by Crippen LogP contribution is -1.97. The molecule has 82 valence electrons. The zero-order chi connectivity index (χ0) is 12.3. The normalized spacial score (nSPS) is 11.0. The summed E-state index contributed by atoms with van der Waals surface area (Å²) in [7, 11) is 0. The predicted molar refractivity (Wildman–Crippen MR) is 70.8 cm³/mol. The lowest BCUT2D eigenvalue weighted by atomic mass is 10.1. The number of hydrogen-bond donors (Lipinski definition) is 1. The van der Waals surface area contributed by atoms with Gasteiger partial charge in [0.25, 0.3) is 0 Å². The van der Waals surface area contributed by atoms with Crippen LogP contribution in [0.15, 0.2) is 31.1 Å². The van der Waals surface area contributed by atoms with E-state index in [0.717, 1.165) is 8.95 Å². The highest BCUT2D eigenvalue weighted by atomic mass is 79.9. The van der Waals surface area contributed by atoms with Crippen molar-refractivity contribution in [3.8, 4) is 6.07 Å². The van der Waals surface area contributed by atoms with Gasteiger partial charge in [-0.2, -0.15) is 5.26 Å². The highest BCUT2D eigenvalue weighted by Crippen LogP contribution is 2.34. The van der Waals surface area contributed by atoms with Gasteiger partial charge >= 0.3 is 5.97 Å². The number of carboxylic acids is 1. The van der Waals surface area contributed by atoms with Crippen LogP contribution in [0.2, 0.25) is 0 Å². The predicted octanol–water partition coefficient (Wildman–Crippen LogP) is 3.97. The van der Waals surface area contributed by atoms with Crippen molar-refractivity contribution in [2.75, 3.05) is 0 Å². The minimum atomic E-state index is -1.24. The van der Waals surface area contributed by atoms with E-state index < -0.39 is 5.97 Å². The molecule has 0 aliphatic heterocycles. The fourth-order valence-electron chi connectivity index (χ4n) is 0.950. The van der Waals surface area contributed by atoms with Gasteiger partial charge in [-0.15, -0.1) is 0 Å². The van der Waals surface area contributed by atoms with Gasteiger partial charge in [0, 0.05) is 13.4 Å². The quantitative estimate of drug-likeness (QED) is 0.457. The first-order valence-electron chi connectivity index (χ1n) is 3.96. The average Bonchev–Trinajstić information content (AvgIpc) is 2.25. The summed E-state index contributed by atoms with van der Waals surface area (Å²) in [6, 6.07) is 5.09. The van der Waals surface area contributed by atoms with Gasteiger partial charge in [-0.1, -0.05) is 6.07 Å². The maximum Gasteiger partial charge on any atom is 0.346 e. The number of benzene rings is 1.